The van der Waals surface area contributed by atoms with Crippen molar-refractivity contribution >= 4 is 11.8 Å². The molecule has 1 fully saturated rings. The van der Waals surface area contributed by atoms with E-state index in [-0.39, 0.29) is 23.7 Å². The average Bonchev–Trinajstić information content (AvgIpc) is 3.22. The largest absolute Gasteiger partial charge is 0.480 e. The van der Waals surface area contributed by atoms with Gasteiger partial charge in [-0.05, 0) is 99.1 Å². The van der Waals surface area contributed by atoms with E-state index in [1.54, 1.807) is 0 Å². The number of carboxylic acids is 1. The fraction of sp³-hybridized carbons (Fsp3) is 0.625. The number of ether oxygens (including phenoxy) is 2. The maximum absolute atomic E-state index is 12.7. The zero-order chi connectivity index (χ0) is 27.6. The van der Waals surface area contributed by atoms with Crippen LogP contribution in [0.3, 0.4) is 0 Å². The van der Waals surface area contributed by atoms with Gasteiger partial charge in [0.25, 0.3) is 0 Å². The van der Waals surface area contributed by atoms with Crippen molar-refractivity contribution in [2.75, 3.05) is 32.1 Å². The van der Waals surface area contributed by atoms with Crippen molar-refractivity contribution in [2.24, 2.45) is 5.41 Å². The number of pyridine rings is 1. The van der Waals surface area contributed by atoms with Gasteiger partial charge in [0.1, 0.15) is 11.9 Å². The first-order chi connectivity index (χ1) is 18.7. The Bertz CT molecular complexity index is 1170. The summed E-state index contributed by atoms with van der Waals surface area (Å²) in [5, 5.41) is 13.8. The standard InChI is InChI=1S/C32H45N3O4/c1-21-28-22(15-18-38-21)9-7-12-26(28)29(31(36)37)35(4)25-19-27(32(2,3)20-25)39-17-6-5-11-24-14-13-23-10-8-16-33-30(23)34-24/h7,9,12-14,21,25,27,29H,5-6,8,10-11,15-20H2,1-4H3,(H,33,34)(H,36,37)/t21-,25-,27-,29-/m0/s1. The van der Waals surface area contributed by atoms with E-state index in [9.17, 15) is 9.90 Å². The lowest BCUT2D eigenvalue weighted by Gasteiger charge is -2.35. The minimum absolute atomic E-state index is 0.0137. The number of hydrogen-bond acceptors (Lipinski definition) is 6. The highest BCUT2D eigenvalue weighted by molar-refractivity contribution is 5.76. The number of nitrogens with zero attached hydrogens (tertiary/aromatic N) is 2. The van der Waals surface area contributed by atoms with Crippen LogP contribution in [-0.2, 0) is 33.5 Å². The Kier molecular flexibility index (Phi) is 8.60. The first-order valence-corrected chi connectivity index (χ1v) is 14.8. The van der Waals surface area contributed by atoms with Gasteiger partial charge in [-0.1, -0.05) is 38.1 Å². The summed E-state index contributed by atoms with van der Waals surface area (Å²) >= 11 is 0. The van der Waals surface area contributed by atoms with Crippen LogP contribution >= 0.6 is 0 Å². The number of benzene rings is 1. The topological polar surface area (TPSA) is 83.9 Å². The minimum Gasteiger partial charge on any atom is -0.480 e. The number of aromatic nitrogens is 1. The molecule has 3 aliphatic rings. The molecule has 0 amide bonds. The molecule has 2 aromatic rings. The highest BCUT2D eigenvalue weighted by Gasteiger charge is 2.45. The van der Waals surface area contributed by atoms with Gasteiger partial charge in [-0.2, -0.15) is 0 Å². The van der Waals surface area contributed by atoms with E-state index in [4.69, 9.17) is 14.5 Å². The Morgan fingerprint density at radius 2 is 2.08 bits per heavy atom. The predicted molar refractivity (Wildman–Crippen MR) is 153 cm³/mol. The average molecular weight is 536 g/mol. The third-order valence-corrected chi connectivity index (χ3v) is 9.11. The van der Waals surface area contributed by atoms with Crippen LogP contribution < -0.4 is 5.32 Å². The van der Waals surface area contributed by atoms with Crippen LogP contribution in [0.15, 0.2) is 30.3 Å². The highest BCUT2D eigenvalue weighted by Crippen LogP contribution is 2.44. The van der Waals surface area contributed by atoms with Gasteiger partial charge >= 0.3 is 5.97 Å². The number of anilines is 1. The number of aryl methyl sites for hydroxylation is 2. The number of likely N-dealkylation sites (N-methyl/N-ethyl adjacent to an activating group) is 1. The Balaban J connectivity index is 1.17. The SMILES string of the molecule is C[C@@H]1OCCc2cccc([C@@H](C(=O)O)N(C)[C@H]3C[C@H](OCCCCc4ccc5c(n4)NCCC5)C(C)(C)C3)c21. The van der Waals surface area contributed by atoms with Crippen molar-refractivity contribution in [3.05, 3.63) is 58.3 Å². The number of rotatable bonds is 10. The van der Waals surface area contributed by atoms with E-state index in [0.29, 0.717) is 6.61 Å². The van der Waals surface area contributed by atoms with E-state index < -0.39 is 12.0 Å². The van der Waals surface area contributed by atoms with E-state index >= 15 is 0 Å². The third-order valence-electron chi connectivity index (χ3n) is 9.11. The van der Waals surface area contributed by atoms with E-state index in [1.165, 1.54) is 17.5 Å². The lowest BCUT2D eigenvalue weighted by molar-refractivity contribution is -0.144. The monoisotopic (exact) mass is 535 g/mol. The second-order valence-corrected chi connectivity index (χ2v) is 12.3. The Hall–Kier alpha value is -2.48. The normalized spacial score (nSPS) is 24.6. The van der Waals surface area contributed by atoms with Crippen LogP contribution in [0.2, 0.25) is 0 Å². The van der Waals surface area contributed by atoms with Crippen molar-refractivity contribution in [1.29, 1.82) is 0 Å². The summed E-state index contributed by atoms with van der Waals surface area (Å²) in [6.45, 7) is 8.96. The molecule has 212 valence electrons. The summed E-state index contributed by atoms with van der Waals surface area (Å²) in [5.74, 6) is 0.257. The predicted octanol–water partition coefficient (Wildman–Crippen LogP) is 5.73. The van der Waals surface area contributed by atoms with Crippen LogP contribution in [0.5, 0.6) is 0 Å². The van der Waals surface area contributed by atoms with Gasteiger partial charge in [0.05, 0.1) is 18.8 Å². The summed E-state index contributed by atoms with van der Waals surface area (Å²) < 4.78 is 12.4. The molecular weight excluding hydrogens is 490 g/mol. The number of unbranched alkanes of at least 4 members (excludes halogenated alkanes) is 1. The fourth-order valence-corrected chi connectivity index (χ4v) is 6.89. The fourth-order valence-electron chi connectivity index (χ4n) is 6.89. The molecule has 7 nitrogen and oxygen atoms in total. The van der Waals surface area contributed by atoms with Gasteiger partial charge in [0.2, 0.25) is 0 Å². The molecular formula is C32H45N3O4. The third kappa shape index (κ3) is 6.16. The molecule has 5 rings (SSSR count). The molecule has 1 aromatic carbocycles. The summed E-state index contributed by atoms with van der Waals surface area (Å²) in [5.41, 5.74) is 5.59. The van der Waals surface area contributed by atoms with E-state index in [0.717, 1.165) is 80.7 Å². The van der Waals surface area contributed by atoms with Crippen molar-refractivity contribution in [3.8, 4) is 0 Å². The van der Waals surface area contributed by atoms with Crippen LogP contribution in [0.25, 0.3) is 0 Å². The second kappa shape index (κ2) is 11.9. The van der Waals surface area contributed by atoms with Crippen molar-refractivity contribution in [2.45, 2.75) is 96.4 Å². The first-order valence-electron chi connectivity index (χ1n) is 14.8. The van der Waals surface area contributed by atoms with E-state index in [2.05, 4.69) is 42.3 Å². The summed E-state index contributed by atoms with van der Waals surface area (Å²) in [6.07, 6.45) is 7.88. The Labute approximate surface area is 233 Å². The van der Waals surface area contributed by atoms with Gasteiger partial charge in [-0.3, -0.25) is 9.69 Å². The van der Waals surface area contributed by atoms with Crippen LogP contribution in [-0.4, -0.2) is 59.9 Å². The number of fused-ring (bicyclic) bond motifs is 2. The number of hydrogen-bond donors (Lipinski definition) is 2. The molecule has 0 spiro atoms. The molecule has 39 heavy (non-hydrogen) atoms. The molecule has 0 bridgehead atoms. The first kappa shape index (κ1) is 28.1. The zero-order valence-corrected chi connectivity index (χ0v) is 24.0. The molecule has 1 aromatic heterocycles. The molecule has 0 saturated heterocycles. The summed E-state index contributed by atoms with van der Waals surface area (Å²) in [6, 6.07) is 9.90. The number of aliphatic carboxylic acids is 1. The number of nitrogens with one attached hydrogen (secondary N) is 1. The molecule has 1 saturated carbocycles. The number of carboxylic acid groups (broad SMARTS) is 1. The molecule has 2 N–H and O–H groups in total. The number of carbonyl (C=O) groups is 1. The Morgan fingerprint density at radius 1 is 1.23 bits per heavy atom. The van der Waals surface area contributed by atoms with Gasteiger partial charge in [0.15, 0.2) is 0 Å². The Morgan fingerprint density at radius 3 is 2.90 bits per heavy atom. The van der Waals surface area contributed by atoms with Gasteiger partial charge in [-0.25, -0.2) is 4.98 Å². The maximum Gasteiger partial charge on any atom is 0.325 e. The maximum atomic E-state index is 12.7. The lowest BCUT2D eigenvalue weighted by atomic mass is 9.87. The van der Waals surface area contributed by atoms with Crippen LogP contribution in [0.1, 0.15) is 93.0 Å². The lowest BCUT2D eigenvalue weighted by Crippen LogP contribution is -2.39. The summed E-state index contributed by atoms with van der Waals surface area (Å²) in [7, 11) is 1.97. The minimum atomic E-state index is -0.808. The van der Waals surface area contributed by atoms with Gasteiger partial charge < -0.3 is 19.9 Å². The molecule has 0 unspecified atom stereocenters. The molecule has 4 atom stereocenters. The van der Waals surface area contributed by atoms with Crippen LogP contribution in [0, 0.1) is 5.41 Å². The smallest absolute Gasteiger partial charge is 0.325 e. The molecule has 3 heterocycles. The summed E-state index contributed by atoms with van der Waals surface area (Å²) in [4.78, 5) is 19.5. The van der Waals surface area contributed by atoms with Gasteiger partial charge in [0, 0.05) is 24.9 Å². The quantitative estimate of drug-likeness (QED) is 0.376. The molecule has 1 aliphatic carbocycles. The second-order valence-electron chi connectivity index (χ2n) is 12.3. The molecule has 7 heteroatoms. The molecule has 0 radical (unpaired) electrons. The molecule has 2 aliphatic heterocycles. The van der Waals surface area contributed by atoms with Crippen molar-refractivity contribution < 1.29 is 19.4 Å². The highest BCUT2D eigenvalue weighted by atomic mass is 16.5. The van der Waals surface area contributed by atoms with Crippen molar-refractivity contribution in [1.82, 2.24) is 9.88 Å². The van der Waals surface area contributed by atoms with Crippen molar-refractivity contribution in [3.63, 3.8) is 0 Å². The van der Waals surface area contributed by atoms with Gasteiger partial charge in [-0.15, -0.1) is 0 Å². The van der Waals surface area contributed by atoms with Crippen LogP contribution in [0.4, 0.5) is 5.82 Å². The van der Waals surface area contributed by atoms with E-state index in [1.807, 2.05) is 26.1 Å². The zero-order valence-electron chi connectivity index (χ0n) is 24.0.